The number of benzene rings is 1. The van der Waals surface area contributed by atoms with Crippen molar-refractivity contribution >= 4 is 23.2 Å². The molecule has 2 aromatic rings. The van der Waals surface area contributed by atoms with Crippen molar-refractivity contribution < 1.29 is 4.74 Å². The summed E-state index contributed by atoms with van der Waals surface area (Å²) in [5, 5.41) is 9.01. The third kappa shape index (κ3) is 3.80. The van der Waals surface area contributed by atoms with E-state index in [-0.39, 0.29) is 11.3 Å². The number of anilines is 2. The van der Waals surface area contributed by atoms with Gasteiger partial charge in [0.05, 0.1) is 18.2 Å². The summed E-state index contributed by atoms with van der Waals surface area (Å²) in [4.78, 5) is 13.9. The first-order chi connectivity index (χ1) is 10.1. The number of hydrogen-bond acceptors (Lipinski definition) is 6. The standard InChI is InChI=1S/C14H14ClN5O/c1-3-7-21-14-18-12(15)17-13(19-14)20(2)11-6-4-5-10(8-11)9-16/h4-6,8H,3,7H2,1-2H3. The summed E-state index contributed by atoms with van der Waals surface area (Å²) in [6, 6.07) is 9.40. The third-order valence-electron chi connectivity index (χ3n) is 2.67. The number of ether oxygens (including phenoxy) is 1. The second-order valence-corrected chi connectivity index (χ2v) is 4.59. The first kappa shape index (κ1) is 15.0. The average Bonchev–Trinajstić information content (AvgIpc) is 2.51. The second-order valence-electron chi connectivity index (χ2n) is 4.26. The van der Waals surface area contributed by atoms with Crippen molar-refractivity contribution in [2.45, 2.75) is 13.3 Å². The van der Waals surface area contributed by atoms with Crippen LogP contribution in [0.25, 0.3) is 0 Å². The van der Waals surface area contributed by atoms with E-state index in [0.717, 1.165) is 12.1 Å². The molecule has 0 amide bonds. The van der Waals surface area contributed by atoms with Crippen molar-refractivity contribution in [3.05, 3.63) is 35.1 Å². The molecular weight excluding hydrogens is 290 g/mol. The first-order valence-electron chi connectivity index (χ1n) is 6.42. The summed E-state index contributed by atoms with van der Waals surface area (Å²) in [6.07, 6.45) is 0.846. The number of nitriles is 1. The van der Waals surface area contributed by atoms with Crippen molar-refractivity contribution in [3.63, 3.8) is 0 Å². The van der Waals surface area contributed by atoms with E-state index >= 15 is 0 Å². The zero-order valence-corrected chi connectivity index (χ0v) is 12.5. The van der Waals surface area contributed by atoms with E-state index in [1.54, 1.807) is 30.1 Å². The average molecular weight is 304 g/mol. The van der Waals surface area contributed by atoms with Crippen LogP contribution in [0.4, 0.5) is 11.6 Å². The van der Waals surface area contributed by atoms with E-state index in [9.17, 15) is 0 Å². The molecule has 1 heterocycles. The molecule has 2 rings (SSSR count). The number of nitrogens with zero attached hydrogens (tertiary/aromatic N) is 5. The summed E-state index contributed by atoms with van der Waals surface area (Å²) in [5.74, 6) is 0.358. The highest BCUT2D eigenvalue weighted by atomic mass is 35.5. The lowest BCUT2D eigenvalue weighted by molar-refractivity contribution is 0.291. The largest absolute Gasteiger partial charge is 0.463 e. The Morgan fingerprint density at radius 1 is 1.33 bits per heavy atom. The molecular formula is C14H14ClN5O. The van der Waals surface area contributed by atoms with Gasteiger partial charge in [0.25, 0.3) is 0 Å². The summed E-state index contributed by atoms with van der Waals surface area (Å²) >= 11 is 5.90. The monoisotopic (exact) mass is 303 g/mol. The summed E-state index contributed by atoms with van der Waals surface area (Å²) < 4.78 is 5.38. The van der Waals surface area contributed by atoms with Crippen LogP contribution in [0.2, 0.25) is 5.28 Å². The molecule has 0 atom stereocenters. The van der Waals surface area contributed by atoms with Gasteiger partial charge in [-0.3, -0.25) is 0 Å². The first-order valence-corrected chi connectivity index (χ1v) is 6.80. The van der Waals surface area contributed by atoms with Gasteiger partial charge in [0.15, 0.2) is 0 Å². The number of halogens is 1. The second kappa shape index (κ2) is 6.86. The van der Waals surface area contributed by atoms with Gasteiger partial charge in [0, 0.05) is 12.7 Å². The van der Waals surface area contributed by atoms with Gasteiger partial charge in [-0.15, -0.1) is 0 Å². The molecule has 1 aromatic heterocycles. The van der Waals surface area contributed by atoms with Gasteiger partial charge in [-0.1, -0.05) is 13.0 Å². The zero-order chi connectivity index (χ0) is 15.2. The highest BCUT2D eigenvalue weighted by molar-refractivity contribution is 6.28. The smallest absolute Gasteiger partial charge is 0.322 e. The summed E-state index contributed by atoms with van der Waals surface area (Å²) in [7, 11) is 1.78. The van der Waals surface area contributed by atoms with Gasteiger partial charge in [-0.05, 0) is 36.2 Å². The number of aromatic nitrogens is 3. The normalized spacial score (nSPS) is 10.0. The van der Waals surface area contributed by atoms with Crippen molar-refractivity contribution in [2.24, 2.45) is 0 Å². The van der Waals surface area contributed by atoms with Crippen LogP contribution in [0.5, 0.6) is 6.01 Å². The summed E-state index contributed by atoms with van der Waals surface area (Å²) in [5.41, 5.74) is 1.33. The number of rotatable bonds is 5. The highest BCUT2D eigenvalue weighted by Gasteiger charge is 2.12. The van der Waals surface area contributed by atoms with Crippen LogP contribution in [0.3, 0.4) is 0 Å². The molecule has 0 aliphatic rings. The Balaban J connectivity index is 2.31. The van der Waals surface area contributed by atoms with Crippen LogP contribution < -0.4 is 9.64 Å². The minimum Gasteiger partial charge on any atom is -0.463 e. The van der Waals surface area contributed by atoms with E-state index in [1.807, 2.05) is 13.0 Å². The van der Waals surface area contributed by atoms with Gasteiger partial charge < -0.3 is 9.64 Å². The van der Waals surface area contributed by atoms with Crippen molar-refractivity contribution in [1.29, 1.82) is 5.26 Å². The van der Waals surface area contributed by atoms with Crippen LogP contribution >= 0.6 is 11.6 Å². The van der Waals surface area contributed by atoms with Gasteiger partial charge in [-0.2, -0.15) is 20.2 Å². The molecule has 0 saturated carbocycles. The molecule has 1 aromatic carbocycles. The Morgan fingerprint density at radius 3 is 2.86 bits per heavy atom. The lowest BCUT2D eigenvalue weighted by atomic mass is 10.2. The highest BCUT2D eigenvalue weighted by Crippen LogP contribution is 2.23. The lowest BCUT2D eigenvalue weighted by Gasteiger charge is -2.17. The minimum absolute atomic E-state index is 0.0643. The maximum atomic E-state index is 8.95. The lowest BCUT2D eigenvalue weighted by Crippen LogP contribution is -2.15. The van der Waals surface area contributed by atoms with Gasteiger partial charge in [0.2, 0.25) is 11.2 Å². The molecule has 0 radical (unpaired) electrons. The number of hydrogen-bond donors (Lipinski definition) is 0. The van der Waals surface area contributed by atoms with Crippen LogP contribution in [0, 0.1) is 11.3 Å². The molecule has 7 heteroatoms. The molecule has 0 aliphatic carbocycles. The van der Waals surface area contributed by atoms with Crippen molar-refractivity contribution in [3.8, 4) is 12.1 Å². The molecule has 0 saturated heterocycles. The Labute approximate surface area is 128 Å². The Morgan fingerprint density at radius 2 is 2.14 bits per heavy atom. The van der Waals surface area contributed by atoms with Crippen LogP contribution in [-0.2, 0) is 0 Å². The molecule has 0 unspecified atom stereocenters. The van der Waals surface area contributed by atoms with Crippen LogP contribution in [0.15, 0.2) is 24.3 Å². The third-order valence-corrected chi connectivity index (χ3v) is 2.84. The molecule has 0 N–H and O–H groups in total. The Hall–Kier alpha value is -2.39. The van der Waals surface area contributed by atoms with E-state index < -0.39 is 0 Å². The fraction of sp³-hybridized carbons (Fsp3) is 0.286. The van der Waals surface area contributed by atoms with Gasteiger partial charge in [-0.25, -0.2) is 0 Å². The quantitative estimate of drug-likeness (QED) is 0.845. The minimum atomic E-state index is 0.0643. The maximum absolute atomic E-state index is 8.95. The molecule has 0 spiro atoms. The molecule has 108 valence electrons. The zero-order valence-electron chi connectivity index (χ0n) is 11.7. The van der Waals surface area contributed by atoms with E-state index in [2.05, 4.69) is 21.0 Å². The fourth-order valence-electron chi connectivity index (χ4n) is 1.63. The van der Waals surface area contributed by atoms with Crippen LogP contribution in [0.1, 0.15) is 18.9 Å². The molecule has 21 heavy (non-hydrogen) atoms. The van der Waals surface area contributed by atoms with Gasteiger partial charge in [0.1, 0.15) is 0 Å². The molecule has 6 nitrogen and oxygen atoms in total. The van der Waals surface area contributed by atoms with E-state index in [0.29, 0.717) is 18.1 Å². The molecule has 0 aliphatic heterocycles. The predicted molar refractivity (Wildman–Crippen MR) is 79.8 cm³/mol. The van der Waals surface area contributed by atoms with Crippen LogP contribution in [-0.4, -0.2) is 28.6 Å². The van der Waals surface area contributed by atoms with E-state index in [4.69, 9.17) is 21.6 Å². The van der Waals surface area contributed by atoms with Crippen molar-refractivity contribution in [2.75, 3.05) is 18.6 Å². The Kier molecular flexibility index (Phi) is 4.90. The van der Waals surface area contributed by atoms with Gasteiger partial charge >= 0.3 is 6.01 Å². The predicted octanol–water partition coefficient (Wildman–Crippen LogP) is 2.95. The topological polar surface area (TPSA) is 74.9 Å². The van der Waals surface area contributed by atoms with Crippen molar-refractivity contribution in [1.82, 2.24) is 15.0 Å². The SMILES string of the molecule is CCCOc1nc(Cl)nc(N(C)c2cccc(C#N)c2)n1. The molecule has 0 bridgehead atoms. The fourth-order valence-corrected chi connectivity index (χ4v) is 1.78. The Bertz CT molecular complexity index is 671. The van der Waals surface area contributed by atoms with E-state index in [1.165, 1.54) is 0 Å². The maximum Gasteiger partial charge on any atom is 0.322 e. The summed E-state index contributed by atoms with van der Waals surface area (Å²) in [6.45, 7) is 2.50. The molecule has 0 fully saturated rings.